The van der Waals surface area contributed by atoms with Crippen molar-refractivity contribution in [2.75, 3.05) is 44.8 Å². The highest BCUT2D eigenvalue weighted by Crippen LogP contribution is 2.19. The molecule has 0 radical (unpaired) electrons. The van der Waals surface area contributed by atoms with Crippen molar-refractivity contribution >= 4 is 5.69 Å². The highest BCUT2D eigenvalue weighted by Gasteiger charge is 2.13. The predicted molar refractivity (Wildman–Crippen MR) is 97.2 cm³/mol. The van der Waals surface area contributed by atoms with Crippen molar-refractivity contribution in [2.45, 2.75) is 12.6 Å². The fraction of sp³-hybridized carbons (Fsp3) is 0.400. The van der Waals surface area contributed by atoms with Crippen LogP contribution in [0.25, 0.3) is 0 Å². The largest absolute Gasteiger partial charge is 0.387 e. The van der Waals surface area contributed by atoms with Crippen LogP contribution in [0.5, 0.6) is 0 Å². The topological polar surface area (TPSA) is 35.9 Å². The molecule has 25 heavy (non-hydrogen) atoms. The lowest BCUT2D eigenvalue weighted by Gasteiger charge is -2.29. The number of benzene rings is 2. The molecule has 5 heteroatoms. The summed E-state index contributed by atoms with van der Waals surface area (Å²) >= 11 is 0. The van der Waals surface area contributed by atoms with Crippen molar-refractivity contribution in [3.63, 3.8) is 0 Å². The Balaban J connectivity index is 1.54. The summed E-state index contributed by atoms with van der Waals surface area (Å²) in [5.41, 5.74) is 3.01. The van der Waals surface area contributed by atoms with Gasteiger partial charge in [-0.2, -0.15) is 0 Å². The summed E-state index contributed by atoms with van der Waals surface area (Å²) in [6.07, 6.45) is -0.701. The fourth-order valence-corrected chi connectivity index (χ4v) is 3.12. The van der Waals surface area contributed by atoms with Crippen LogP contribution < -0.4 is 4.90 Å². The summed E-state index contributed by atoms with van der Waals surface area (Å²) in [6.45, 7) is 4.60. The average molecular weight is 344 g/mol. The monoisotopic (exact) mass is 344 g/mol. The van der Waals surface area contributed by atoms with Gasteiger partial charge >= 0.3 is 0 Å². The zero-order valence-electron chi connectivity index (χ0n) is 14.6. The number of anilines is 1. The van der Waals surface area contributed by atoms with E-state index in [9.17, 15) is 9.50 Å². The van der Waals surface area contributed by atoms with E-state index in [4.69, 9.17) is 4.74 Å². The third kappa shape index (κ3) is 5.01. The van der Waals surface area contributed by atoms with Gasteiger partial charge in [0.2, 0.25) is 0 Å². The third-order valence-electron chi connectivity index (χ3n) is 4.48. The van der Waals surface area contributed by atoms with E-state index >= 15 is 0 Å². The molecular formula is C20H25FN2O2. The minimum absolute atomic E-state index is 0.321. The van der Waals surface area contributed by atoms with E-state index < -0.39 is 6.10 Å². The van der Waals surface area contributed by atoms with E-state index in [1.165, 1.54) is 23.4 Å². The minimum Gasteiger partial charge on any atom is -0.387 e. The molecule has 1 aliphatic rings. The Kier molecular flexibility index (Phi) is 6.02. The van der Waals surface area contributed by atoms with E-state index in [1.54, 1.807) is 12.1 Å². The van der Waals surface area contributed by atoms with Crippen LogP contribution in [0.1, 0.15) is 17.2 Å². The first-order chi connectivity index (χ1) is 12.1. The molecule has 0 spiro atoms. The normalized spacial score (nSPS) is 16.2. The number of likely N-dealkylation sites (N-methyl/N-ethyl adjacent to an activating group) is 1. The Hall–Kier alpha value is -1.95. The lowest BCUT2D eigenvalue weighted by Crippen LogP contribution is -2.36. The number of rotatable bonds is 6. The zero-order valence-corrected chi connectivity index (χ0v) is 14.6. The van der Waals surface area contributed by atoms with Crippen molar-refractivity contribution in [3.8, 4) is 0 Å². The van der Waals surface area contributed by atoms with Crippen LogP contribution in [0.3, 0.4) is 0 Å². The number of aliphatic hydroxyl groups is 1. The summed E-state index contributed by atoms with van der Waals surface area (Å²) in [7, 11) is 1.96. The van der Waals surface area contributed by atoms with E-state index in [-0.39, 0.29) is 5.82 Å². The second-order valence-corrected chi connectivity index (χ2v) is 6.53. The fourth-order valence-electron chi connectivity index (χ4n) is 3.12. The molecule has 0 unspecified atom stereocenters. The lowest BCUT2D eigenvalue weighted by atomic mass is 10.1. The molecular weight excluding hydrogens is 319 g/mol. The van der Waals surface area contributed by atoms with Crippen molar-refractivity contribution in [1.82, 2.24) is 4.90 Å². The molecule has 4 nitrogen and oxygen atoms in total. The summed E-state index contributed by atoms with van der Waals surface area (Å²) < 4.78 is 18.6. The number of nitrogens with zero attached hydrogens (tertiary/aromatic N) is 2. The third-order valence-corrected chi connectivity index (χ3v) is 4.48. The second kappa shape index (κ2) is 8.43. The molecule has 2 aromatic rings. The molecule has 1 atom stereocenters. The summed E-state index contributed by atoms with van der Waals surface area (Å²) in [6, 6.07) is 14.7. The quantitative estimate of drug-likeness (QED) is 0.874. The SMILES string of the molecule is CN(Cc1ccc(N2CCOCC2)cc1)C[C@H](O)c1cccc(F)c1. The first-order valence-corrected chi connectivity index (χ1v) is 8.65. The molecule has 0 aromatic heterocycles. The van der Waals surface area contributed by atoms with Gasteiger partial charge in [0.25, 0.3) is 0 Å². The van der Waals surface area contributed by atoms with Crippen LogP contribution in [-0.2, 0) is 11.3 Å². The van der Waals surface area contributed by atoms with Crippen molar-refractivity contribution in [3.05, 3.63) is 65.5 Å². The maximum atomic E-state index is 13.3. The van der Waals surface area contributed by atoms with Gasteiger partial charge < -0.3 is 14.7 Å². The highest BCUT2D eigenvalue weighted by atomic mass is 19.1. The number of halogens is 1. The molecule has 1 N–H and O–H groups in total. The Morgan fingerprint density at radius 1 is 1.16 bits per heavy atom. The Morgan fingerprint density at radius 2 is 1.88 bits per heavy atom. The molecule has 2 aromatic carbocycles. The van der Waals surface area contributed by atoms with E-state index in [0.717, 1.165) is 32.8 Å². The molecule has 1 aliphatic heterocycles. The summed E-state index contributed by atoms with van der Waals surface area (Å²) in [5, 5.41) is 10.3. The van der Waals surface area contributed by atoms with Gasteiger partial charge in [0.15, 0.2) is 0 Å². The number of morpholine rings is 1. The molecule has 1 saturated heterocycles. The minimum atomic E-state index is -0.701. The van der Waals surface area contributed by atoms with Crippen LogP contribution in [0, 0.1) is 5.82 Å². The standard InChI is InChI=1S/C20H25FN2O2/c1-22(15-20(24)17-3-2-4-18(21)13-17)14-16-5-7-19(8-6-16)23-9-11-25-12-10-23/h2-8,13,20,24H,9-12,14-15H2,1H3/t20-/m0/s1. The van der Waals surface area contributed by atoms with Gasteiger partial charge in [-0.1, -0.05) is 24.3 Å². The van der Waals surface area contributed by atoms with Crippen LogP contribution in [-0.4, -0.2) is 49.9 Å². The molecule has 0 aliphatic carbocycles. The number of ether oxygens (including phenoxy) is 1. The number of hydrogen-bond donors (Lipinski definition) is 1. The van der Waals surface area contributed by atoms with E-state index in [0.29, 0.717) is 12.1 Å². The van der Waals surface area contributed by atoms with Gasteiger partial charge in [-0.25, -0.2) is 4.39 Å². The zero-order chi connectivity index (χ0) is 17.6. The van der Waals surface area contributed by atoms with Crippen LogP contribution in [0.2, 0.25) is 0 Å². The highest BCUT2D eigenvalue weighted by molar-refractivity contribution is 5.47. The van der Waals surface area contributed by atoms with Crippen molar-refractivity contribution in [1.29, 1.82) is 0 Å². The number of aliphatic hydroxyl groups excluding tert-OH is 1. The van der Waals surface area contributed by atoms with Crippen LogP contribution in [0.15, 0.2) is 48.5 Å². The summed E-state index contributed by atoms with van der Waals surface area (Å²) in [5.74, 6) is -0.321. The maximum absolute atomic E-state index is 13.3. The molecule has 134 valence electrons. The van der Waals surface area contributed by atoms with Gasteiger partial charge in [0.1, 0.15) is 5.82 Å². The first kappa shape index (κ1) is 17.9. The van der Waals surface area contributed by atoms with E-state index in [1.807, 2.05) is 11.9 Å². The average Bonchev–Trinajstić information content (AvgIpc) is 2.63. The van der Waals surface area contributed by atoms with Gasteiger partial charge in [-0.15, -0.1) is 0 Å². The molecule has 3 rings (SSSR count). The Morgan fingerprint density at radius 3 is 2.56 bits per heavy atom. The Labute approximate surface area is 148 Å². The first-order valence-electron chi connectivity index (χ1n) is 8.65. The smallest absolute Gasteiger partial charge is 0.123 e. The number of hydrogen-bond acceptors (Lipinski definition) is 4. The Bertz CT molecular complexity index is 672. The van der Waals surface area contributed by atoms with Crippen molar-refractivity contribution < 1.29 is 14.2 Å². The lowest BCUT2D eigenvalue weighted by molar-refractivity contribution is 0.122. The molecule has 1 heterocycles. The molecule has 1 fully saturated rings. The van der Waals surface area contributed by atoms with Gasteiger partial charge in [0, 0.05) is 31.9 Å². The van der Waals surface area contributed by atoms with Gasteiger partial charge in [0.05, 0.1) is 19.3 Å². The van der Waals surface area contributed by atoms with Crippen molar-refractivity contribution in [2.24, 2.45) is 0 Å². The predicted octanol–water partition coefficient (Wildman–Crippen LogP) is 2.83. The summed E-state index contributed by atoms with van der Waals surface area (Å²) in [4.78, 5) is 4.37. The second-order valence-electron chi connectivity index (χ2n) is 6.53. The maximum Gasteiger partial charge on any atom is 0.123 e. The van der Waals surface area contributed by atoms with E-state index in [2.05, 4.69) is 29.2 Å². The van der Waals surface area contributed by atoms with Gasteiger partial charge in [-0.3, -0.25) is 4.90 Å². The molecule has 0 bridgehead atoms. The molecule has 0 amide bonds. The molecule has 0 saturated carbocycles. The van der Waals surface area contributed by atoms with Crippen LogP contribution in [0.4, 0.5) is 10.1 Å². The van der Waals surface area contributed by atoms with Gasteiger partial charge in [-0.05, 0) is 42.4 Å². The van der Waals surface area contributed by atoms with Crippen LogP contribution >= 0.6 is 0 Å².